The third kappa shape index (κ3) is 1.54. The Hall–Kier alpha value is -4.16. The molecule has 32 heavy (non-hydrogen) atoms. The van der Waals surface area contributed by atoms with E-state index >= 15 is 0 Å². The first kappa shape index (κ1) is 15.6. The first-order valence-electron chi connectivity index (χ1n) is 11.3. The zero-order chi connectivity index (χ0) is 20.6. The number of hydrogen-bond acceptors (Lipinski definition) is 0. The third-order valence-electron chi connectivity index (χ3n) is 7.88. The molecule has 9 rings (SSSR count). The average molecular weight is 400 g/mol. The standard InChI is InChI=1S/C32H16/c1-2-6-20-19(5-1)29-23-13-9-17-10-15-25(30(20)27(17)29)26-16-12-18-11-14-24(23)31-21-7-3-4-8-22(21)32(26)28(18)31/h1-16H. The summed E-state index contributed by atoms with van der Waals surface area (Å²) in [5.41, 5.74) is 11.1. The Morgan fingerprint density at radius 1 is 0.281 bits per heavy atom. The highest BCUT2D eigenvalue weighted by atomic mass is 14.3. The Balaban J connectivity index is 1.77. The molecule has 0 saturated carbocycles. The topological polar surface area (TPSA) is 0 Å². The molecule has 0 saturated heterocycles. The fourth-order valence-corrected chi connectivity index (χ4v) is 6.69. The molecule has 0 atom stereocenters. The lowest BCUT2D eigenvalue weighted by molar-refractivity contribution is 1.70. The van der Waals surface area contributed by atoms with Crippen LogP contribution in [0.4, 0.5) is 0 Å². The summed E-state index contributed by atoms with van der Waals surface area (Å²) < 4.78 is 0. The largest absolute Gasteiger partial charge is 0.0616 e. The van der Waals surface area contributed by atoms with E-state index in [4.69, 9.17) is 0 Å². The minimum absolute atomic E-state index is 1.33. The molecule has 0 fully saturated rings. The molecule has 0 heterocycles. The van der Waals surface area contributed by atoms with Crippen LogP contribution in [-0.2, 0) is 0 Å². The van der Waals surface area contributed by atoms with Crippen molar-refractivity contribution in [2.24, 2.45) is 0 Å². The second-order valence-corrected chi connectivity index (χ2v) is 9.24. The van der Waals surface area contributed by atoms with E-state index in [0.717, 1.165) is 0 Å². The van der Waals surface area contributed by atoms with Crippen molar-refractivity contribution in [2.45, 2.75) is 0 Å². The van der Waals surface area contributed by atoms with Crippen LogP contribution >= 0.6 is 0 Å². The van der Waals surface area contributed by atoms with Crippen molar-refractivity contribution in [2.75, 3.05) is 0 Å². The average Bonchev–Trinajstić information content (AvgIpc) is 3.38. The van der Waals surface area contributed by atoms with E-state index in [9.17, 15) is 0 Å². The van der Waals surface area contributed by atoms with Crippen LogP contribution in [-0.4, -0.2) is 0 Å². The molecule has 0 radical (unpaired) electrons. The van der Waals surface area contributed by atoms with Crippen LogP contribution in [0, 0.1) is 0 Å². The van der Waals surface area contributed by atoms with Crippen LogP contribution in [0.5, 0.6) is 0 Å². The van der Waals surface area contributed by atoms with E-state index in [1.807, 2.05) is 0 Å². The lowest BCUT2D eigenvalue weighted by Gasteiger charge is -2.13. The van der Waals surface area contributed by atoms with Crippen molar-refractivity contribution >= 4 is 43.1 Å². The summed E-state index contributed by atoms with van der Waals surface area (Å²) in [6, 6.07) is 36.7. The van der Waals surface area contributed by atoms with E-state index in [1.54, 1.807) is 0 Å². The predicted octanol–water partition coefficient (Wildman–Crippen LogP) is 9.03. The van der Waals surface area contributed by atoms with E-state index in [1.165, 1.54) is 87.6 Å². The van der Waals surface area contributed by atoms with Crippen LogP contribution in [0.3, 0.4) is 0 Å². The first-order valence-corrected chi connectivity index (χ1v) is 11.3. The van der Waals surface area contributed by atoms with Crippen molar-refractivity contribution in [3.05, 3.63) is 97.1 Å². The zero-order valence-electron chi connectivity index (χ0n) is 17.2. The van der Waals surface area contributed by atoms with E-state index in [-0.39, 0.29) is 0 Å². The summed E-state index contributed by atoms with van der Waals surface area (Å²) in [6.45, 7) is 0. The predicted molar refractivity (Wildman–Crippen MR) is 137 cm³/mol. The molecule has 7 aromatic carbocycles. The highest BCUT2D eigenvalue weighted by Gasteiger charge is 2.30. The number of rotatable bonds is 0. The number of fused-ring (bicyclic) bond motifs is 4. The van der Waals surface area contributed by atoms with Crippen molar-refractivity contribution < 1.29 is 0 Å². The Bertz CT molecular complexity index is 1690. The minimum Gasteiger partial charge on any atom is -0.0616 e. The molecule has 0 spiro atoms. The maximum atomic E-state index is 2.35. The first-order chi connectivity index (χ1) is 15.9. The van der Waals surface area contributed by atoms with Gasteiger partial charge in [0.2, 0.25) is 0 Å². The summed E-state index contributed by atoms with van der Waals surface area (Å²) >= 11 is 0. The van der Waals surface area contributed by atoms with Crippen molar-refractivity contribution in [1.29, 1.82) is 0 Å². The molecule has 10 bridgehead atoms. The molecule has 0 heteroatoms. The molecule has 0 nitrogen and oxygen atoms in total. The Labute approximate surface area is 184 Å². The second-order valence-electron chi connectivity index (χ2n) is 9.24. The molecule has 0 aliphatic heterocycles. The Kier molecular flexibility index (Phi) is 2.44. The normalized spacial score (nSPS) is 13.0. The molecule has 0 aromatic heterocycles. The number of hydrogen-bond donors (Lipinski definition) is 0. The lowest BCUT2D eigenvalue weighted by Crippen LogP contribution is -1.85. The molecule has 0 amide bonds. The van der Waals surface area contributed by atoms with Gasteiger partial charge in [0.05, 0.1) is 0 Å². The summed E-state index contributed by atoms with van der Waals surface area (Å²) in [4.78, 5) is 0. The van der Waals surface area contributed by atoms with Gasteiger partial charge in [0.25, 0.3) is 0 Å². The third-order valence-corrected chi connectivity index (χ3v) is 7.88. The van der Waals surface area contributed by atoms with Gasteiger partial charge in [-0.1, -0.05) is 97.1 Å². The monoisotopic (exact) mass is 400 g/mol. The number of benzene rings is 6. The van der Waals surface area contributed by atoms with Gasteiger partial charge in [0.15, 0.2) is 0 Å². The van der Waals surface area contributed by atoms with Gasteiger partial charge in [-0.05, 0) is 87.6 Å². The summed E-state index contributed by atoms with van der Waals surface area (Å²) in [6.07, 6.45) is 0. The lowest BCUT2D eigenvalue weighted by atomic mass is 9.90. The fourth-order valence-electron chi connectivity index (χ4n) is 6.69. The molecular formula is C32H16. The van der Waals surface area contributed by atoms with Gasteiger partial charge in [-0.2, -0.15) is 0 Å². The van der Waals surface area contributed by atoms with Gasteiger partial charge in [-0.15, -0.1) is 0 Å². The second kappa shape index (κ2) is 5.00. The van der Waals surface area contributed by atoms with Crippen LogP contribution in [0.15, 0.2) is 97.1 Å². The van der Waals surface area contributed by atoms with Crippen LogP contribution in [0.2, 0.25) is 0 Å². The van der Waals surface area contributed by atoms with Crippen molar-refractivity contribution in [3.63, 3.8) is 0 Å². The smallest absolute Gasteiger partial charge is 0.00139 e. The Morgan fingerprint density at radius 2 is 0.562 bits per heavy atom. The van der Waals surface area contributed by atoms with Crippen LogP contribution in [0.25, 0.3) is 87.6 Å². The molecule has 0 unspecified atom stereocenters. The molecule has 2 aliphatic carbocycles. The van der Waals surface area contributed by atoms with Gasteiger partial charge in [0, 0.05) is 0 Å². The summed E-state index contributed by atoms with van der Waals surface area (Å²) in [7, 11) is 0. The maximum absolute atomic E-state index is 2.35. The van der Waals surface area contributed by atoms with Gasteiger partial charge in [-0.25, -0.2) is 0 Å². The van der Waals surface area contributed by atoms with E-state index in [0.29, 0.717) is 0 Å². The molecule has 144 valence electrons. The van der Waals surface area contributed by atoms with Gasteiger partial charge < -0.3 is 0 Å². The molecule has 0 N–H and O–H groups in total. The molecule has 2 aliphatic rings. The van der Waals surface area contributed by atoms with E-state index in [2.05, 4.69) is 97.1 Å². The quantitative estimate of drug-likeness (QED) is 0.238. The summed E-state index contributed by atoms with van der Waals surface area (Å²) in [5, 5.41) is 10.9. The summed E-state index contributed by atoms with van der Waals surface area (Å²) in [5.74, 6) is 0. The minimum atomic E-state index is 1.33. The fraction of sp³-hybridized carbons (Fsp3) is 0. The van der Waals surface area contributed by atoms with Gasteiger partial charge in [0.1, 0.15) is 0 Å². The SMILES string of the molecule is c1ccc2c(c1)-c1c3ccc4ccc(c-2c14)c1ccc2ccc3c3c2c1-c1ccccc1-3. The Morgan fingerprint density at radius 3 is 0.844 bits per heavy atom. The zero-order valence-corrected chi connectivity index (χ0v) is 17.2. The van der Waals surface area contributed by atoms with Crippen molar-refractivity contribution in [1.82, 2.24) is 0 Å². The maximum Gasteiger partial charge on any atom is -0.00139 e. The van der Waals surface area contributed by atoms with Crippen molar-refractivity contribution in [3.8, 4) is 44.5 Å². The van der Waals surface area contributed by atoms with E-state index < -0.39 is 0 Å². The van der Waals surface area contributed by atoms with Crippen LogP contribution < -0.4 is 0 Å². The van der Waals surface area contributed by atoms with Gasteiger partial charge >= 0.3 is 0 Å². The molecular weight excluding hydrogens is 384 g/mol. The van der Waals surface area contributed by atoms with Gasteiger partial charge in [-0.3, -0.25) is 0 Å². The highest BCUT2D eigenvalue weighted by Crippen LogP contribution is 2.58. The molecule has 7 aromatic rings. The highest BCUT2D eigenvalue weighted by molar-refractivity contribution is 6.34. The van der Waals surface area contributed by atoms with Crippen LogP contribution in [0.1, 0.15) is 0 Å².